The molecule has 0 saturated heterocycles. The van der Waals surface area contributed by atoms with Gasteiger partial charge in [0.2, 0.25) is 0 Å². The molecule has 0 bridgehead atoms. The summed E-state index contributed by atoms with van der Waals surface area (Å²) in [4.78, 5) is 4.57. The Morgan fingerprint density at radius 1 is 1.44 bits per heavy atom. The first-order valence-corrected chi connectivity index (χ1v) is 10.1. The van der Waals surface area contributed by atoms with Crippen LogP contribution in [0, 0.1) is 0 Å². The third-order valence-electron chi connectivity index (χ3n) is 4.33. The van der Waals surface area contributed by atoms with Crippen molar-refractivity contribution >= 4 is 64.9 Å². The molecule has 0 amide bonds. The molecule has 3 N–H and O–H groups in total. The topological polar surface area (TPSA) is 61.6 Å². The number of nitrogens with one attached hydrogen (secondary N) is 2. The van der Waals surface area contributed by atoms with Crippen LogP contribution < -0.4 is 10.6 Å². The summed E-state index contributed by atoms with van der Waals surface area (Å²) in [6, 6.07) is 1.82. The normalized spacial score (nSPS) is 23.0. The summed E-state index contributed by atoms with van der Waals surface area (Å²) < 4.78 is 1.82. The van der Waals surface area contributed by atoms with Crippen LogP contribution in [-0.4, -0.2) is 45.3 Å². The molecule has 5 nitrogen and oxygen atoms in total. The first-order chi connectivity index (χ1) is 11.4. The second-order valence-electron chi connectivity index (χ2n) is 5.97. The van der Waals surface area contributed by atoms with Crippen LogP contribution in [0.1, 0.15) is 32.4 Å². The van der Waals surface area contributed by atoms with Gasteiger partial charge in [0.15, 0.2) is 5.96 Å². The van der Waals surface area contributed by atoms with Gasteiger partial charge >= 0.3 is 0 Å². The average Bonchev–Trinajstić information content (AvgIpc) is 2.81. The van der Waals surface area contributed by atoms with Crippen LogP contribution in [0.5, 0.6) is 0 Å². The van der Waals surface area contributed by atoms with Crippen molar-refractivity contribution in [2.75, 3.05) is 18.8 Å². The van der Waals surface area contributed by atoms with E-state index in [-0.39, 0.29) is 24.0 Å². The van der Waals surface area contributed by atoms with Crippen LogP contribution >= 0.6 is 58.9 Å². The summed E-state index contributed by atoms with van der Waals surface area (Å²) in [6.45, 7) is 5.86. The number of thioether (sulfide) groups is 1. The Balaban J connectivity index is 0.00000312. The maximum atomic E-state index is 10.7. The second kappa shape index (κ2) is 10.5. The monoisotopic (exact) mass is 520 g/mol. The van der Waals surface area contributed by atoms with Gasteiger partial charge in [-0.2, -0.15) is 11.8 Å². The summed E-state index contributed by atoms with van der Waals surface area (Å²) in [6.07, 6.45) is 1.91. The molecule has 0 aliphatic heterocycles. The third-order valence-corrected chi connectivity index (χ3v) is 6.58. The van der Waals surface area contributed by atoms with E-state index in [1.165, 1.54) is 0 Å². The molecular weight excluding hydrogens is 494 g/mol. The standard InChI is InChI=1S/C16H26Cl2N4OS.HI/c1-4-19-15(20-9-11-8-12(17)14(18)22(11)3)21-10-16(23)7-6-13(16)24-5-2;/h8,13,23H,4-7,9-10H2,1-3H3,(H2,19,20,21);1H. The zero-order valence-corrected chi connectivity index (χ0v) is 19.5. The highest BCUT2D eigenvalue weighted by atomic mass is 127. The van der Waals surface area contributed by atoms with Crippen molar-refractivity contribution < 1.29 is 5.11 Å². The van der Waals surface area contributed by atoms with E-state index in [1.807, 2.05) is 36.4 Å². The highest BCUT2D eigenvalue weighted by Gasteiger charge is 2.45. The molecule has 0 radical (unpaired) electrons. The largest absolute Gasteiger partial charge is 0.387 e. The van der Waals surface area contributed by atoms with Gasteiger partial charge in [0.1, 0.15) is 5.15 Å². The SMILES string of the molecule is CCNC(=NCc1cc(Cl)c(Cl)n1C)NCC1(O)CCC1SCC.I. The van der Waals surface area contributed by atoms with E-state index in [2.05, 4.69) is 22.5 Å². The summed E-state index contributed by atoms with van der Waals surface area (Å²) >= 11 is 13.9. The van der Waals surface area contributed by atoms with E-state index in [4.69, 9.17) is 23.2 Å². The molecule has 1 aliphatic rings. The number of hydrogen-bond donors (Lipinski definition) is 3. The van der Waals surface area contributed by atoms with E-state index in [1.54, 1.807) is 0 Å². The zero-order valence-electron chi connectivity index (χ0n) is 14.8. The van der Waals surface area contributed by atoms with Gasteiger partial charge in [0.25, 0.3) is 0 Å². The van der Waals surface area contributed by atoms with Crippen LogP contribution in [-0.2, 0) is 13.6 Å². The minimum Gasteiger partial charge on any atom is -0.387 e. The number of nitrogens with zero attached hydrogens (tertiary/aromatic N) is 2. The van der Waals surface area contributed by atoms with Crippen molar-refractivity contribution in [2.24, 2.45) is 12.0 Å². The lowest BCUT2D eigenvalue weighted by Crippen LogP contribution is -2.58. The maximum absolute atomic E-state index is 10.7. The van der Waals surface area contributed by atoms with Crippen LogP contribution in [0.25, 0.3) is 0 Å². The highest BCUT2D eigenvalue weighted by molar-refractivity contribution is 14.0. The van der Waals surface area contributed by atoms with E-state index in [9.17, 15) is 5.11 Å². The van der Waals surface area contributed by atoms with Crippen LogP contribution in [0.15, 0.2) is 11.1 Å². The van der Waals surface area contributed by atoms with Gasteiger partial charge < -0.3 is 20.3 Å². The lowest BCUT2D eigenvalue weighted by atomic mass is 9.79. The smallest absolute Gasteiger partial charge is 0.191 e. The molecule has 2 atom stereocenters. The first-order valence-electron chi connectivity index (χ1n) is 8.27. The number of aliphatic imine (C=N–C) groups is 1. The molecule has 1 heterocycles. The Labute approximate surface area is 181 Å². The Hall–Kier alpha value is 0.170. The van der Waals surface area contributed by atoms with Crippen molar-refractivity contribution in [3.8, 4) is 0 Å². The molecule has 2 rings (SSSR count). The van der Waals surface area contributed by atoms with Crippen LogP contribution in [0.4, 0.5) is 0 Å². The Morgan fingerprint density at radius 3 is 2.64 bits per heavy atom. The molecule has 1 aromatic rings. The minimum absolute atomic E-state index is 0. The molecule has 0 spiro atoms. The van der Waals surface area contributed by atoms with Crippen molar-refractivity contribution in [1.29, 1.82) is 0 Å². The Kier molecular flexibility index (Phi) is 9.74. The summed E-state index contributed by atoms with van der Waals surface area (Å²) in [5.74, 6) is 1.71. The fraction of sp³-hybridized carbons (Fsp3) is 0.688. The summed E-state index contributed by atoms with van der Waals surface area (Å²) in [7, 11) is 1.86. The van der Waals surface area contributed by atoms with Gasteiger partial charge in [0, 0.05) is 31.1 Å². The number of guanidine groups is 1. The Bertz CT molecular complexity index is 599. The number of hydrogen-bond acceptors (Lipinski definition) is 3. The fourth-order valence-electron chi connectivity index (χ4n) is 2.72. The van der Waals surface area contributed by atoms with Crippen molar-refractivity contribution in [2.45, 2.75) is 44.1 Å². The molecule has 1 aromatic heterocycles. The maximum Gasteiger partial charge on any atom is 0.191 e. The van der Waals surface area contributed by atoms with E-state index >= 15 is 0 Å². The lowest BCUT2D eigenvalue weighted by molar-refractivity contribution is -0.0198. The van der Waals surface area contributed by atoms with Crippen molar-refractivity contribution in [3.05, 3.63) is 21.9 Å². The molecule has 0 aromatic carbocycles. The van der Waals surface area contributed by atoms with Gasteiger partial charge in [-0.05, 0) is 31.6 Å². The quantitative estimate of drug-likeness (QED) is 0.292. The van der Waals surface area contributed by atoms with Crippen LogP contribution in [0.2, 0.25) is 10.2 Å². The zero-order chi connectivity index (χ0) is 17.7. The molecule has 1 saturated carbocycles. The van der Waals surface area contributed by atoms with E-state index < -0.39 is 5.60 Å². The van der Waals surface area contributed by atoms with Gasteiger partial charge in [0.05, 0.1) is 17.2 Å². The average molecular weight is 521 g/mol. The summed E-state index contributed by atoms with van der Waals surface area (Å²) in [5.41, 5.74) is 0.290. The van der Waals surface area contributed by atoms with Gasteiger partial charge in [-0.25, -0.2) is 4.99 Å². The van der Waals surface area contributed by atoms with Gasteiger partial charge in [-0.1, -0.05) is 30.1 Å². The van der Waals surface area contributed by atoms with E-state index in [0.29, 0.717) is 34.5 Å². The molecule has 1 fully saturated rings. The molecule has 9 heteroatoms. The first kappa shape index (κ1) is 23.2. The number of aromatic nitrogens is 1. The predicted octanol–water partition coefficient (Wildman–Crippen LogP) is 3.65. The number of rotatable bonds is 7. The molecule has 25 heavy (non-hydrogen) atoms. The van der Waals surface area contributed by atoms with Crippen molar-refractivity contribution in [3.63, 3.8) is 0 Å². The van der Waals surface area contributed by atoms with Crippen molar-refractivity contribution in [1.82, 2.24) is 15.2 Å². The molecular formula is C16H27Cl2IN4OS. The molecule has 144 valence electrons. The Morgan fingerprint density at radius 2 is 2.16 bits per heavy atom. The summed E-state index contributed by atoms with van der Waals surface area (Å²) in [5, 5.41) is 18.5. The van der Waals surface area contributed by atoms with Crippen LogP contribution in [0.3, 0.4) is 0 Å². The van der Waals surface area contributed by atoms with E-state index in [0.717, 1.165) is 30.8 Å². The van der Waals surface area contributed by atoms with Gasteiger partial charge in [-0.3, -0.25) is 0 Å². The minimum atomic E-state index is -0.644. The predicted molar refractivity (Wildman–Crippen MR) is 120 cm³/mol. The molecule has 2 unspecified atom stereocenters. The second-order valence-corrected chi connectivity index (χ2v) is 8.21. The highest BCUT2D eigenvalue weighted by Crippen LogP contribution is 2.40. The number of aliphatic hydroxyl groups is 1. The number of halogens is 3. The molecule has 1 aliphatic carbocycles. The third kappa shape index (κ3) is 5.82. The van der Waals surface area contributed by atoms with Gasteiger partial charge in [-0.15, -0.1) is 24.0 Å². The lowest BCUT2D eigenvalue weighted by Gasteiger charge is -2.45. The fourth-order valence-corrected chi connectivity index (χ4v) is 4.33.